The molecule has 0 bridgehead atoms. The van der Waals surface area contributed by atoms with Crippen molar-refractivity contribution in [3.05, 3.63) is 90.7 Å². The third-order valence-electron chi connectivity index (χ3n) is 4.87. The van der Waals surface area contributed by atoms with Crippen molar-refractivity contribution in [2.24, 2.45) is 0 Å². The Balaban J connectivity index is 1.61. The summed E-state index contributed by atoms with van der Waals surface area (Å²) in [5.41, 5.74) is 2.07. The molecule has 0 unspecified atom stereocenters. The van der Waals surface area contributed by atoms with Gasteiger partial charge in [0.15, 0.2) is 15.8 Å². The number of halogens is 4. The van der Waals surface area contributed by atoms with Gasteiger partial charge in [-0.3, -0.25) is 9.69 Å². The molecule has 3 aromatic carbocycles. The minimum Gasteiger partial charge on any atom is -0.490 e. The lowest BCUT2D eigenvalue weighted by Gasteiger charge is -2.16. The van der Waals surface area contributed by atoms with Gasteiger partial charge in [-0.2, -0.15) is 0 Å². The van der Waals surface area contributed by atoms with Gasteiger partial charge >= 0.3 is 0 Å². The van der Waals surface area contributed by atoms with E-state index >= 15 is 0 Å². The third kappa shape index (κ3) is 6.08. The van der Waals surface area contributed by atoms with Crippen LogP contribution < -0.4 is 14.4 Å². The number of thioether (sulfide) groups is 1. The monoisotopic (exact) mass is 583 g/mol. The first-order valence-electron chi connectivity index (χ1n) is 10.3. The van der Waals surface area contributed by atoms with Crippen LogP contribution in [0.2, 0.25) is 20.1 Å². The van der Waals surface area contributed by atoms with Crippen LogP contribution in [0.5, 0.6) is 11.5 Å². The van der Waals surface area contributed by atoms with Gasteiger partial charge in [0.2, 0.25) is 0 Å². The first kappa shape index (κ1) is 26.1. The largest absolute Gasteiger partial charge is 0.490 e. The molecule has 1 amide bonds. The molecule has 1 heterocycles. The molecule has 0 saturated carbocycles. The third-order valence-corrected chi connectivity index (χ3v) is 7.24. The van der Waals surface area contributed by atoms with Gasteiger partial charge in [0, 0.05) is 10.0 Å². The molecule has 1 aliphatic rings. The molecule has 10 heteroatoms. The van der Waals surface area contributed by atoms with Crippen molar-refractivity contribution in [3.63, 3.8) is 0 Å². The van der Waals surface area contributed by atoms with Crippen molar-refractivity contribution in [2.45, 2.75) is 13.5 Å². The summed E-state index contributed by atoms with van der Waals surface area (Å²) in [5.74, 6) is 0.596. The predicted octanol–water partition coefficient (Wildman–Crippen LogP) is 8.68. The fraction of sp³-hybridized carbons (Fsp3) is 0.120. The summed E-state index contributed by atoms with van der Waals surface area (Å²) in [6.07, 6.45) is 1.71. The van der Waals surface area contributed by atoms with Crippen LogP contribution in [0.3, 0.4) is 0 Å². The first-order valence-corrected chi connectivity index (χ1v) is 13.1. The molecule has 1 saturated heterocycles. The molecule has 0 radical (unpaired) electrons. The molecule has 0 spiro atoms. The van der Waals surface area contributed by atoms with E-state index in [0.29, 0.717) is 58.7 Å². The van der Waals surface area contributed by atoms with E-state index in [1.165, 1.54) is 16.7 Å². The Morgan fingerprint density at radius 2 is 1.66 bits per heavy atom. The van der Waals surface area contributed by atoms with Crippen molar-refractivity contribution >= 4 is 92.4 Å². The van der Waals surface area contributed by atoms with Crippen LogP contribution >= 0.6 is 70.4 Å². The molecule has 4 rings (SSSR count). The highest BCUT2D eigenvalue weighted by atomic mass is 35.5. The maximum absolute atomic E-state index is 13.2. The minimum atomic E-state index is -0.290. The van der Waals surface area contributed by atoms with Crippen molar-refractivity contribution < 1.29 is 14.3 Å². The van der Waals surface area contributed by atoms with Crippen molar-refractivity contribution in [2.75, 3.05) is 11.5 Å². The second-order valence-electron chi connectivity index (χ2n) is 7.29. The number of anilines is 1. The smallest absolute Gasteiger partial charge is 0.270 e. The molecular weight excluding hydrogens is 568 g/mol. The van der Waals surface area contributed by atoms with Crippen LogP contribution in [0.25, 0.3) is 6.08 Å². The molecule has 1 fully saturated rings. The highest BCUT2D eigenvalue weighted by Gasteiger charge is 2.34. The van der Waals surface area contributed by atoms with E-state index in [4.69, 9.17) is 68.1 Å². The lowest BCUT2D eigenvalue weighted by Crippen LogP contribution is -2.27. The summed E-state index contributed by atoms with van der Waals surface area (Å²) in [6.45, 7) is 2.57. The van der Waals surface area contributed by atoms with Crippen molar-refractivity contribution in [1.29, 1.82) is 0 Å². The molecule has 1 aliphatic heterocycles. The number of carbonyl (C=O) groups excluding carboxylic acids is 1. The zero-order chi connectivity index (χ0) is 25.1. The Kier molecular flexibility index (Phi) is 8.53. The van der Waals surface area contributed by atoms with E-state index in [-0.39, 0.29) is 12.5 Å². The predicted molar refractivity (Wildman–Crippen MR) is 151 cm³/mol. The summed E-state index contributed by atoms with van der Waals surface area (Å²) in [5, 5.41) is 1.80. The van der Waals surface area contributed by atoms with E-state index in [1.54, 1.807) is 48.5 Å². The number of nitrogens with zero attached hydrogens (tertiary/aromatic N) is 1. The van der Waals surface area contributed by atoms with E-state index in [1.807, 2.05) is 19.1 Å². The van der Waals surface area contributed by atoms with Gasteiger partial charge in [-0.25, -0.2) is 0 Å². The van der Waals surface area contributed by atoms with E-state index in [9.17, 15) is 4.79 Å². The molecule has 4 nitrogen and oxygen atoms in total. The molecule has 0 N–H and O–H groups in total. The number of rotatable bonds is 7. The standard InChI is InChI=1S/C25H17Cl4NO3S2/c1-2-32-21-10-15(9-19(29)23(21)33-13-14-3-5-16(26)6-4-14)11-22-24(31)30(25(34)35-22)20-8-7-17(27)12-18(20)28/h3-12H,2,13H2,1H3/b22-11-. The molecule has 0 aliphatic carbocycles. The Morgan fingerprint density at radius 1 is 0.943 bits per heavy atom. The molecular formula is C25H17Cl4NO3S2. The quantitative estimate of drug-likeness (QED) is 0.205. The fourth-order valence-electron chi connectivity index (χ4n) is 3.30. The van der Waals surface area contributed by atoms with Crippen LogP contribution in [0.15, 0.2) is 59.5 Å². The number of ether oxygens (including phenoxy) is 2. The summed E-state index contributed by atoms with van der Waals surface area (Å²) in [7, 11) is 0. The van der Waals surface area contributed by atoms with Gasteiger partial charge in [-0.1, -0.05) is 82.5 Å². The summed E-state index contributed by atoms with van der Waals surface area (Å²) in [6, 6.07) is 15.7. The van der Waals surface area contributed by atoms with Crippen molar-refractivity contribution in [3.8, 4) is 11.5 Å². The number of thiocarbonyl (C=S) groups is 1. The van der Waals surface area contributed by atoms with Gasteiger partial charge in [0.1, 0.15) is 6.61 Å². The van der Waals surface area contributed by atoms with Crippen LogP contribution in [0.4, 0.5) is 5.69 Å². The first-order chi connectivity index (χ1) is 16.8. The van der Waals surface area contributed by atoms with Gasteiger partial charge < -0.3 is 9.47 Å². The summed E-state index contributed by atoms with van der Waals surface area (Å²) in [4.78, 5) is 15.0. The number of amides is 1. The van der Waals surface area contributed by atoms with Crippen LogP contribution in [0.1, 0.15) is 18.1 Å². The zero-order valence-electron chi connectivity index (χ0n) is 18.2. The number of benzene rings is 3. The summed E-state index contributed by atoms with van der Waals surface area (Å²) >= 11 is 31.4. The second-order valence-corrected chi connectivity index (χ2v) is 10.7. The lowest BCUT2D eigenvalue weighted by atomic mass is 10.1. The number of hydrogen-bond acceptors (Lipinski definition) is 5. The highest BCUT2D eigenvalue weighted by molar-refractivity contribution is 8.27. The molecule has 3 aromatic rings. The van der Waals surface area contributed by atoms with Crippen LogP contribution in [0, 0.1) is 0 Å². The highest BCUT2D eigenvalue weighted by Crippen LogP contribution is 2.42. The SMILES string of the molecule is CCOc1cc(/C=C2\SC(=S)N(c3ccc(Cl)cc3Cl)C2=O)cc(Cl)c1OCc1ccc(Cl)cc1. The minimum absolute atomic E-state index is 0.289. The Morgan fingerprint density at radius 3 is 2.34 bits per heavy atom. The maximum Gasteiger partial charge on any atom is 0.270 e. The van der Waals surface area contributed by atoms with Crippen molar-refractivity contribution in [1.82, 2.24) is 0 Å². The molecule has 0 aromatic heterocycles. The topological polar surface area (TPSA) is 38.8 Å². The maximum atomic E-state index is 13.2. The molecule has 35 heavy (non-hydrogen) atoms. The molecule has 180 valence electrons. The van der Waals surface area contributed by atoms with Crippen LogP contribution in [-0.4, -0.2) is 16.8 Å². The van der Waals surface area contributed by atoms with Gasteiger partial charge in [-0.05, 0) is 66.6 Å². The normalized spacial score (nSPS) is 14.7. The fourth-order valence-corrected chi connectivity index (χ4v) is 5.48. The van der Waals surface area contributed by atoms with E-state index < -0.39 is 0 Å². The molecule has 0 atom stereocenters. The van der Waals surface area contributed by atoms with E-state index in [2.05, 4.69) is 0 Å². The average molecular weight is 585 g/mol. The Hall–Kier alpha value is -1.93. The van der Waals surface area contributed by atoms with E-state index in [0.717, 1.165) is 5.56 Å². The number of hydrogen-bond donors (Lipinski definition) is 0. The van der Waals surface area contributed by atoms with Crippen LogP contribution in [-0.2, 0) is 11.4 Å². The average Bonchev–Trinajstić information content (AvgIpc) is 3.07. The lowest BCUT2D eigenvalue weighted by molar-refractivity contribution is -0.113. The van der Waals surface area contributed by atoms with Gasteiger partial charge in [0.05, 0.1) is 27.2 Å². The summed E-state index contributed by atoms with van der Waals surface area (Å²) < 4.78 is 12.1. The van der Waals surface area contributed by atoms with Gasteiger partial charge in [-0.15, -0.1) is 0 Å². The zero-order valence-corrected chi connectivity index (χ0v) is 22.8. The second kappa shape index (κ2) is 11.4. The number of carbonyl (C=O) groups is 1. The Bertz CT molecular complexity index is 1330. The van der Waals surface area contributed by atoms with Gasteiger partial charge in [0.25, 0.3) is 5.91 Å². The Labute approximate surface area is 232 Å².